The fourth-order valence-corrected chi connectivity index (χ4v) is 1.72. The van der Waals surface area contributed by atoms with Gasteiger partial charge in [0.15, 0.2) is 0 Å². The standard InChI is InChI=1S/C13H12FN3O3/c14-10-4-6-11(7-5-10)20-8-9-2-1-3-12(17(18)19)13(9)16-15/h1-7,16H,8,15H2. The highest BCUT2D eigenvalue weighted by molar-refractivity contribution is 5.65. The minimum absolute atomic E-state index is 0.0762. The van der Waals surface area contributed by atoms with E-state index in [4.69, 9.17) is 10.6 Å². The molecule has 0 atom stereocenters. The molecule has 2 aromatic carbocycles. The maximum Gasteiger partial charge on any atom is 0.294 e. The summed E-state index contributed by atoms with van der Waals surface area (Å²) >= 11 is 0. The van der Waals surface area contributed by atoms with E-state index >= 15 is 0 Å². The Morgan fingerprint density at radius 2 is 1.95 bits per heavy atom. The predicted molar refractivity (Wildman–Crippen MR) is 71.6 cm³/mol. The number of hydrogen-bond donors (Lipinski definition) is 2. The van der Waals surface area contributed by atoms with Crippen molar-refractivity contribution in [2.24, 2.45) is 5.84 Å². The fourth-order valence-electron chi connectivity index (χ4n) is 1.72. The average molecular weight is 277 g/mol. The second-order valence-electron chi connectivity index (χ2n) is 3.96. The first kappa shape index (κ1) is 13.8. The number of benzene rings is 2. The lowest BCUT2D eigenvalue weighted by molar-refractivity contribution is -0.384. The SMILES string of the molecule is NNc1c(COc2ccc(F)cc2)cccc1[N+](=O)[O-]. The number of nitro benzene ring substituents is 1. The third-order valence-corrected chi connectivity index (χ3v) is 2.68. The Morgan fingerprint density at radius 3 is 2.55 bits per heavy atom. The quantitative estimate of drug-likeness (QED) is 0.498. The van der Waals surface area contributed by atoms with Crippen molar-refractivity contribution in [2.45, 2.75) is 6.61 Å². The smallest absolute Gasteiger partial charge is 0.294 e. The maximum absolute atomic E-state index is 12.8. The summed E-state index contributed by atoms with van der Waals surface area (Å²) in [5.41, 5.74) is 2.90. The van der Waals surface area contributed by atoms with Crippen LogP contribution >= 0.6 is 0 Å². The van der Waals surface area contributed by atoms with Gasteiger partial charge in [-0.1, -0.05) is 12.1 Å². The maximum atomic E-state index is 12.8. The van der Waals surface area contributed by atoms with E-state index in [1.807, 2.05) is 0 Å². The molecule has 3 N–H and O–H groups in total. The zero-order valence-corrected chi connectivity index (χ0v) is 10.4. The number of ether oxygens (including phenoxy) is 1. The molecule has 20 heavy (non-hydrogen) atoms. The molecule has 6 nitrogen and oxygen atoms in total. The monoisotopic (exact) mass is 277 g/mol. The van der Waals surface area contributed by atoms with E-state index in [2.05, 4.69) is 5.43 Å². The van der Waals surface area contributed by atoms with Gasteiger partial charge in [-0.2, -0.15) is 0 Å². The van der Waals surface area contributed by atoms with Crippen molar-refractivity contribution in [3.63, 3.8) is 0 Å². The molecule has 2 aromatic rings. The van der Waals surface area contributed by atoms with E-state index in [1.54, 1.807) is 12.1 Å². The number of nitrogen functional groups attached to an aromatic ring is 1. The lowest BCUT2D eigenvalue weighted by Gasteiger charge is -2.10. The van der Waals surface area contributed by atoms with E-state index in [-0.39, 0.29) is 23.8 Å². The van der Waals surface area contributed by atoms with Crippen molar-refractivity contribution in [1.29, 1.82) is 0 Å². The molecule has 0 saturated carbocycles. The molecule has 7 heteroatoms. The van der Waals surface area contributed by atoms with Crippen LogP contribution in [0.3, 0.4) is 0 Å². The van der Waals surface area contributed by atoms with Crippen LogP contribution in [0.5, 0.6) is 5.75 Å². The number of nitrogens with zero attached hydrogens (tertiary/aromatic N) is 1. The molecule has 0 unspecified atom stereocenters. The number of hydrogen-bond acceptors (Lipinski definition) is 5. The summed E-state index contributed by atoms with van der Waals surface area (Å²) in [6.45, 7) is 0.0762. The Balaban J connectivity index is 2.19. The summed E-state index contributed by atoms with van der Waals surface area (Å²) in [5, 5.41) is 10.9. The molecule has 0 aliphatic heterocycles. The number of anilines is 1. The minimum atomic E-state index is -0.531. The van der Waals surface area contributed by atoms with Crippen LogP contribution in [0, 0.1) is 15.9 Å². The summed E-state index contributed by atoms with van der Waals surface area (Å²) in [6, 6.07) is 10.0. The molecular formula is C13H12FN3O3. The van der Waals surface area contributed by atoms with Gasteiger partial charge in [-0.15, -0.1) is 0 Å². The van der Waals surface area contributed by atoms with E-state index in [0.717, 1.165) is 0 Å². The first-order valence-corrected chi connectivity index (χ1v) is 5.73. The summed E-state index contributed by atoms with van der Waals surface area (Å²) in [6.07, 6.45) is 0. The molecule has 2 rings (SSSR count). The van der Waals surface area contributed by atoms with Crippen LogP contribution in [-0.2, 0) is 6.61 Å². The van der Waals surface area contributed by atoms with Crippen LogP contribution in [0.25, 0.3) is 0 Å². The molecule has 0 radical (unpaired) electrons. The molecule has 104 valence electrons. The summed E-state index contributed by atoms with van der Waals surface area (Å²) in [7, 11) is 0. The molecule has 0 bridgehead atoms. The van der Waals surface area contributed by atoms with Crippen molar-refractivity contribution in [2.75, 3.05) is 5.43 Å². The Kier molecular flexibility index (Phi) is 4.11. The largest absolute Gasteiger partial charge is 0.489 e. The Hall–Kier alpha value is -2.67. The van der Waals surface area contributed by atoms with Gasteiger partial charge in [0.1, 0.15) is 23.9 Å². The number of halogens is 1. The molecule has 0 heterocycles. The fraction of sp³-hybridized carbons (Fsp3) is 0.0769. The summed E-state index contributed by atoms with van der Waals surface area (Å²) < 4.78 is 18.2. The molecule has 0 fully saturated rings. The van der Waals surface area contributed by atoms with Gasteiger partial charge in [0.05, 0.1) is 4.92 Å². The van der Waals surface area contributed by atoms with Gasteiger partial charge in [-0.3, -0.25) is 16.0 Å². The third kappa shape index (κ3) is 3.01. The van der Waals surface area contributed by atoms with Gasteiger partial charge in [0.25, 0.3) is 5.69 Å². The van der Waals surface area contributed by atoms with E-state index in [0.29, 0.717) is 11.3 Å². The zero-order chi connectivity index (χ0) is 14.5. The van der Waals surface area contributed by atoms with Crippen LogP contribution in [0.2, 0.25) is 0 Å². The van der Waals surface area contributed by atoms with Gasteiger partial charge in [-0.05, 0) is 24.3 Å². The number of nitrogens with two attached hydrogens (primary N) is 1. The van der Waals surface area contributed by atoms with Crippen LogP contribution in [0.1, 0.15) is 5.56 Å². The van der Waals surface area contributed by atoms with Crippen molar-refractivity contribution in [3.8, 4) is 5.75 Å². The Labute approximate surface area is 114 Å². The van der Waals surface area contributed by atoms with Crippen LogP contribution in [-0.4, -0.2) is 4.92 Å². The lowest BCUT2D eigenvalue weighted by Crippen LogP contribution is -2.12. The number of para-hydroxylation sites is 1. The molecule has 0 spiro atoms. The highest BCUT2D eigenvalue weighted by atomic mass is 19.1. The van der Waals surface area contributed by atoms with Gasteiger partial charge in [0, 0.05) is 11.6 Å². The predicted octanol–water partition coefficient (Wildman–Crippen LogP) is 2.60. The van der Waals surface area contributed by atoms with Gasteiger partial charge < -0.3 is 10.2 Å². The molecule has 0 saturated heterocycles. The first-order chi connectivity index (χ1) is 9.61. The van der Waals surface area contributed by atoms with Crippen LogP contribution < -0.4 is 16.0 Å². The summed E-state index contributed by atoms with van der Waals surface area (Å²) in [5.74, 6) is 5.41. The second-order valence-corrected chi connectivity index (χ2v) is 3.96. The lowest BCUT2D eigenvalue weighted by atomic mass is 10.1. The summed E-state index contributed by atoms with van der Waals surface area (Å²) in [4.78, 5) is 10.3. The van der Waals surface area contributed by atoms with E-state index in [9.17, 15) is 14.5 Å². The van der Waals surface area contributed by atoms with Crippen LogP contribution in [0.15, 0.2) is 42.5 Å². The highest BCUT2D eigenvalue weighted by Crippen LogP contribution is 2.28. The molecule has 0 aliphatic carbocycles. The van der Waals surface area contributed by atoms with Gasteiger partial charge in [0.2, 0.25) is 0 Å². The third-order valence-electron chi connectivity index (χ3n) is 2.68. The number of nitrogens with one attached hydrogen (secondary N) is 1. The van der Waals surface area contributed by atoms with E-state index < -0.39 is 4.92 Å². The molecule has 0 aromatic heterocycles. The Bertz CT molecular complexity index is 617. The van der Waals surface area contributed by atoms with Crippen molar-refractivity contribution in [1.82, 2.24) is 0 Å². The zero-order valence-electron chi connectivity index (χ0n) is 10.4. The van der Waals surface area contributed by atoms with E-state index in [1.165, 1.54) is 30.3 Å². The normalized spacial score (nSPS) is 10.1. The second kappa shape index (κ2) is 5.98. The minimum Gasteiger partial charge on any atom is -0.489 e. The first-order valence-electron chi connectivity index (χ1n) is 5.73. The van der Waals surface area contributed by atoms with Crippen LogP contribution in [0.4, 0.5) is 15.8 Å². The highest BCUT2D eigenvalue weighted by Gasteiger charge is 2.16. The number of rotatable bonds is 5. The van der Waals surface area contributed by atoms with Crippen molar-refractivity contribution < 1.29 is 14.1 Å². The number of hydrazine groups is 1. The average Bonchev–Trinajstić information content (AvgIpc) is 2.46. The molecule has 0 amide bonds. The molecular weight excluding hydrogens is 265 g/mol. The van der Waals surface area contributed by atoms with Gasteiger partial charge in [-0.25, -0.2) is 4.39 Å². The number of nitro groups is 1. The van der Waals surface area contributed by atoms with Crippen molar-refractivity contribution in [3.05, 3.63) is 64.0 Å². The van der Waals surface area contributed by atoms with Gasteiger partial charge >= 0.3 is 0 Å². The molecule has 0 aliphatic rings. The van der Waals surface area contributed by atoms with Crippen molar-refractivity contribution >= 4 is 11.4 Å². The Morgan fingerprint density at radius 1 is 1.25 bits per heavy atom. The topological polar surface area (TPSA) is 90.4 Å².